The summed E-state index contributed by atoms with van der Waals surface area (Å²) in [5.74, 6) is 0. The maximum atomic E-state index is 6.66. The van der Waals surface area contributed by atoms with Gasteiger partial charge in [0.2, 0.25) is 0 Å². The maximum Gasteiger partial charge on any atom is 0.0568 e. The Bertz CT molecular complexity index is 2000. The predicted octanol–water partition coefficient (Wildman–Crippen LogP) is 9.28. The molecule has 192 valence electrons. The average Bonchev–Trinajstić information content (AvgIpc) is 3.27. The number of nitrogens with two attached hydrogens (primary N) is 1. The van der Waals surface area contributed by atoms with Gasteiger partial charge >= 0.3 is 0 Å². The Labute approximate surface area is 234 Å². The smallest absolute Gasteiger partial charge is 0.0568 e. The fourth-order valence-electron chi connectivity index (χ4n) is 7.13. The van der Waals surface area contributed by atoms with Crippen molar-refractivity contribution in [2.45, 2.75) is 25.2 Å². The topological polar surface area (TPSA) is 29.3 Å². The Morgan fingerprint density at radius 1 is 0.650 bits per heavy atom. The molecule has 0 radical (unpaired) electrons. The molecule has 1 aliphatic carbocycles. The number of para-hydroxylation sites is 1. The van der Waals surface area contributed by atoms with Crippen LogP contribution in [0.25, 0.3) is 32.3 Å². The Morgan fingerprint density at radius 3 is 1.93 bits per heavy atom. The van der Waals surface area contributed by atoms with Crippen LogP contribution in [-0.2, 0) is 11.8 Å². The standard InChI is InChI=1S/C38H30N2/c1-38-21-9-16-35(39)37(38)40(27-10-3-2-4-11-27)36-20-18-26(24-34(36)38)22-25-17-19-32-30-14-6-5-12-28(30)29-13-7-8-15-31(29)33(32)23-25/h2-20,23-24H,21-22,39H2,1H3. The van der Waals surface area contributed by atoms with Crippen molar-refractivity contribution in [3.63, 3.8) is 0 Å². The van der Waals surface area contributed by atoms with E-state index in [1.165, 1.54) is 60.4 Å². The number of rotatable bonds is 3. The van der Waals surface area contributed by atoms with Crippen LogP contribution in [0, 0.1) is 0 Å². The zero-order chi connectivity index (χ0) is 26.8. The van der Waals surface area contributed by atoms with Crippen LogP contribution in [0.3, 0.4) is 0 Å². The van der Waals surface area contributed by atoms with Gasteiger partial charge in [-0.1, -0.05) is 103 Å². The van der Waals surface area contributed by atoms with Crippen molar-refractivity contribution in [1.29, 1.82) is 0 Å². The molecule has 6 aromatic rings. The third-order valence-electron chi connectivity index (χ3n) is 8.97. The van der Waals surface area contributed by atoms with Crippen LogP contribution in [0.1, 0.15) is 30.0 Å². The summed E-state index contributed by atoms with van der Waals surface area (Å²) in [6.07, 6.45) is 6.12. The largest absolute Gasteiger partial charge is 0.397 e. The molecule has 0 aromatic heterocycles. The van der Waals surface area contributed by atoms with Crippen LogP contribution in [0.2, 0.25) is 0 Å². The molecule has 2 aliphatic rings. The van der Waals surface area contributed by atoms with E-state index in [9.17, 15) is 0 Å². The van der Waals surface area contributed by atoms with Crippen molar-refractivity contribution in [3.05, 3.63) is 155 Å². The number of hydrogen-bond acceptors (Lipinski definition) is 2. The van der Waals surface area contributed by atoms with Crippen LogP contribution in [-0.4, -0.2) is 0 Å². The molecule has 0 saturated carbocycles. The first-order valence-corrected chi connectivity index (χ1v) is 14.1. The van der Waals surface area contributed by atoms with Crippen LogP contribution in [0.15, 0.2) is 139 Å². The molecule has 2 N–H and O–H groups in total. The zero-order valence-corrected chi connectivity index (χ0v) is 22.6. The summed E-state index contributed by atoms with van der Waals surface area (Å²) in [6.45, 7) is 2.34. The normalized spacial score (nSPS) is 18.1. The SMILES string of the molecule is CC12CC=CC(N)=C1N(c1ccccc1)c1ccc(Cc3ccc4c5ccccc5c5ccccc5c4c3)cc12. The van der Waals surface area contributed by atoms with E-state index in [1.54, 1.807) is 0 Å². The van der Waals surface area contributed by atoms with Gasteiger partial charge in [0.05, 0.1) is 17.1 Å². The van der Waals surface area contributed by atoms with Gasteiger partial charge in [0, 0.05) is 11.1 Å². The van der Waals surface area contributed by atoms with E-state index in [2.05, 4.69) is 139 Å². The molecular formula is C38H30N2. The maximum absolute atomic E-state index is 6.66. The van der Waals surface area contributed by atoms with Crippen molar-refractivity contribution < 1.29 is 0 Å². The highest BCUT2D eigenvalue weighted by atomic mass is 15.2. The molecular weight excluding hydrogens is 484 g/mol. The average molecular weight is 515 g/mol. The van der Waals surface area contributed by atoms with E-state index in [1.807, 2.05) is 0 Å². The monoisotopic (exact) mass is 514 g/mol. The minimum absolute atomic E-state index is 0.154. The third-order valence-corrected chi connectivity index (χ3v) is 8.97. The Kier molecular flexibility index (Phi) is 4.96. The van der Waals surface area contributed by atoms with Crippen molar-refractivity contribution >= 4 is 43.7 Å². The molecule has 40 heavy (non-hydrogen) atoms. The van der Waals surface area contributed by atoms with Crippen molar-refractivity contribution in [2.75, 3.05) is 4.90 Å². The summed E-state index contributed by atoms with van der Waals surface area (Å²) >= 11 is 0. The van der Waals surface area contributed by atoms with Gasteiger partial charge in [-0.15, -0.1) is 0 Å². The van der Waals surface area contributed by atoms with Gasteiger partial charge in [-0.2, -0.15) is 0 Å². The second kappa shape index (κ2) is 8.59. The van der Waals surface area contributed by atoms with Crippen LogP contribution in [0.4, 0.5) is 11.4 Å². The zero-order valence-electron chi connectivity index (χ0n) is 22.6. The second-order valence-corrected chi connectivity index (χ2v) is 11.4. The molecule has 0 fully saturated rings. The first kappa shape index (κ1) is 23.1. The Balaban J connectivity index is 1.25. The number of nitrogens with zero attached hydrogens (tertiary/aromatic N) is 1. The molecule has 2 nitrogen and oxygen atoms in total. The summed E-state index contributed by atoms with van der Waals surface area (Å²) in [5, 5.41) is 7.91. The fraction of sp³-hybridized carbons (Fsp3) is 0.105. The summed E-state index contributed by atoms with van der Waals surface area (Å²) in [5.41, 5.74) is 14.9. The lowest BCUT2D eigenvalue weighted by Gasteiger charge is -2.33. The Morgan fingerprint density at radius 2 is 1.23 bits per heavy atom. The number of benzene rings is 6. The number of fused-ring (bicyclic) bond motifs is 9. The minimum Gasteiger partial charge on any atom is -0.397 e. The van der Waals surface area contributed by atoms with Gasteiger partial charge in [-0.25, -0.2) is 0 Å². The lowest BCUT2D eigenvalue weighted by molar-refractivity contribution is 0.569. The molecule has 1 atom stereocenters. The summed E-state index contributed by atoms with van der Waals surface area (Å²) in [4.78, 5) is 2.37. The Hall–Kier alpha value is -4.82. The molecule has 1 heterocycles. The summed E-state index contributed by atoms with van der Waals surface area (Å²) in [6, 6.07) is 42.2. The van der Waals surface area contributed by atoms with Gasteiger partial charge in [-0.05, 0) is 93.0 Å². The van der Waals surface area contributed by atoms with Crippen molar-refractivity contribution in [2.24, 2.45) is 5.73 Å². The first-order valence-electron chi connectivity index (χ1n) is 14.1. The minimum atomic E-state index is -0.154. The lowest BCUT2D eigenvalue weighted by atomic mass is 9.75. The van der Waals surface area contributed by atoms with Gasteiger partial charge in [-0.3, -0.25) is 0 Å². The highest BCUT2D eigenvalue weighted by molar-refractivity contribution is 6.25. The van der Waals surface area contributed by atoms with Crippen molar-refractivity contribution in [3.8, 4) is 0 Å². The lowest BCUT2D eigenvalue weighted by Crippen LogP contribution is -2.30. The van der Waals surface area contributed by atoms with Gasteiger partial charge in [0.15, 0.2) is 0 Å². The number of allylic oxidation sites excluding steroid dienone is 3. The first-order chi connectivity index (χ1) is 19.6. The predicted molar refractivity (Wildman–Crippen MR) is 169 cm³/mol. The molecule has 0 bridgehead atoms. The van der Waals surface area contributed by atoms with E-state index in [0.29, 0.717) is 0 Å². The molecule has 0 spiro atoms. The highest BCUT2D eigenvalue weighted by Crippen LogP contribution is 2.55. The summed E-state index contributed by atoms with van der Waals surface area (Å²) < 4.78 is 0. The molecule has 6 aromatic carbocycles. The van der Waals surface area contributed by atoms with E-state index in [4.69, 9.17) is 5.73 Å². The molecule has 1 unspecified atom stereocenters. The fourth-order valence-corrected chi connectivity index (χ4v) is 7.13. The van der Waals surface area contributed by atoms with Gasteiger partial charge < -0.3 is 10.6 Å². The van der Waals surface area contributed by atoms with Crippen LogP contribution < -0.4 is 10.6 Å². The van der Waals surface area contributed by atoms with Gasteiger partial charge in [0.1, 0.15) is 0 Å². The second-order valence-electron chi connectivity index (χ2n) is 11.4. The molecule has 0 saturated heterocycles. The molecule has 2 heteroatoms. The number of anilines is 2. The third kappa shape index (κ3) is 3.29. The van der Waals surface area contributed by atoms with E-state index in [-0.39, 0.29) is 5.41 Å². The van der Waals surface area contributed by atoms with Crippen LogP contribution in [0.5, 0.6) is 0 Å². The van der Waals surface area contributed by atoms with Crippen molar-refractivity contribution in [1.82, 2.24) is 0 Å². The van der Waals surface area contributed by atoms with E-state index in [0.717, 1.165) is 24.2 Å². The molecule has 8 rings (SSSR count). The van der Waals surface area contributed by atoms with E-state index >= 15 is 0 Å². The van der Waals surface area contributed by atoms with Gasteiger partial charge in [0.25, 0.3) is 0 Å². The quantitative estimate of drug-likeness (QED) is 0.238. The summed E-state index contributed by atoms with van der Waals surface area (Å²) in [7, 11) is 0. The highest BCUT2D eigenvalue weighted by Gasteiger charge is 2.46. The van der Waals surface area contributed by atoms with E-state index < -0.39 is 0 Å². The molecule has 0 amide bonds. The molecule has 1 aliphatic heterocycles. The number of hydrogen-bond donors (Lipinski definition) is 1. The van der Waals surface area contributed by atoms with Crippen LogP contribution >= 0.6 is 0 Å².